The number of hydrogen-bond donors (Lipinski definition) is 2. The molecule has 0 unspecified atom stereocenters. The molecule has 1 saturated carbocycles. The highest BCUT2D eigenvalue weighted by molar-refractivity contribution is 5.88. The van der Waals surface area contributed by atoms with Crippen LogP contribution in [0.3, 0.4) is 0 Å². The molecule has 21 heavy (non-hydrogen) atoms. The third-order valence-corrected chi connectivity index (χ3v) is 3.81. The van der Waals surface area contributed by atoms with Gasteiger partial charge in [-0.1, -0.05) is 20.3 Å². The summed E-state index contributed by atoms with van der Waals surface area (Å²) in [4.78, 5) is 18.1. The number of nitrogens with one attached hydrogen (secondary N) is 1. The number of pyridine rings is 1. The minimum atomic E-state index is -0.897. The molecule has 0 bridgehead atoms. The lowest BCUT2D eigenvalue weighted by Crippen LogP contribution is -2.31. The Bertz CT molecular complexity index is 486. The van der Waals surface area contributed by atoms with Crippen LogP contribution in [0.1, 0.15) is 49.2 Å². The Morgan fingerprint density at radius 1 is 1.43 bits per heavy atom. The molecule has 1 fully saturated rings. The van der Waals surface area contributed by atoms with Crippen LogP contribution in [0.15, 0.2) is 12.1 Å². The zero-order valence-electron chi connectivity index (χ0n) is 12.9. The van der Waals surface area contributed by atoms with Crippen LogP contribution in [-0.2, 0) is 6.42 Å². The standard InChI is InChI=1S/C16H25N3O2/c1-3-5-13-10-12(16(20)21)11-15(18-13)17-8-9-19(4-2)14-6-7-14/h10-11,14H,3-9H2,1-2H3,(H,17,18)(H,20,21). The smallest absolute Gasteiger partial charge is 0.335 e. The molecule has 1 aliphatic rings. The van der Waals surface area contributed by atoms with Crippen molar-refractivity contribution < 1.29 is 9.90 Å². The van der Waals surface area contributed by atoms with Gasteiger partial charge in [0.15, 0.2) is 0 Å². The van der Waals surface area contributed by atoms with E-state index in [0.29, 0.717) is 11.4 Å². The zero-order valence-corrected chi connectivity index (χ0v) is 12.9. The van der Waals surface area contributed by atoms with Gasteiger partial charge in [0.1, 0.15) is 5.82 Å². The van der Waals surface area contributed by atoms with E-state index in [1.807, 2.05) is 0 Å². The van der Waals surface area contributed by atoms with Crippen molar-refractivity contribution in [2.75, 3.05) is 25.0 Å². The number of anilines is 1. The molecule has 116 valence electrons. The molecule has 0 amide bonds. The summed E-state index contributed by atoms with van der Waals surface area (Å²) in [5.74, 6) is -0.226. The fourth-order valence-corrected chi connectivity index (χ4v) is 2.55. The first-order valence-electron chi connectivity index (χ1n) is 7.86. The van der Waals surface area contributed by atoms with E-state index < -0.39 is 5.97 Å². The number of aryl methyl sites for hydroxylation is 1. The number of carbonyl (C=O) groups is 1. The van der Waals surface area contributed by atoms with Crippen molar-refractivity contribution in [2.45, 2.75) is 45.6 Å². The second-order valence-electron chi connectivity index (χ2n) is 5.57. The molecular formula is C16H25N3O2. The third-order valence-electron chi connectivity index (χ3n) is 3.81. The molecule has 0 saturated heterocycles. The van der Waals surface area contributed by atoms with Crippen molar-refractivity contribution >= 4 is 11.8 Å². The number of aromatic nitrogens is 1. The average molecular weight is 291 g/mol. The van der Waals surface area contributed by atoms with Gasteiger partial charge in [-0.25, -0.2) is 9.78 Å². The lowest BCUT2D eigenvalue weighted by Gasteiger charge is -2.20. The number of nitrogens with zero attached hydrogens (tertiary/aromatic N) is 2. The molecule has 0 aromatic carbocycles. The van der Waals surface area contributed by atoms with Gasteiger partial charge >= 0.3 is 5.97 Å². The summed E-state index contributed by atoms with van der Waals surface area (Å²) >= 11 is 0. The number of aromatic carboxylic acids is 1. The summed E-state index contributed by atoms with van der Waals surface area (Å²) in [6.07, 6.45) is 4.38. The molecule has 0 radical (unpaired) electrons. The van der Waals surface area contributed by atoms with E-state index in [4.69, 9.17) is 0 Å². The predicted octanol–water partition coefficient (Wildman–Crippen LogP) is 2.63. The number of carboxylic acids is 1. The largest absolute Gasteiger partial charge is 0.478 e. The molecule has 5 heteroatoms. The third kappa shape index (κ3) is 4.70. The van der Waals surface area contributed by atoms with Gasteiger partial charge in [0, 0.05) is 24.8 Å². The Hall–Kier alpha value is -1.62. The van der Waals surface area contributed by atoms with Gasteiger partial charge < -0.3 is 10.4 Å². The summed E-state index contributed by atoms with van der Waals surface area (Å²) in [7, 11) is 0. The summed E-state index contributed by atoms with van der Waals surface area (Å²) < 4.78 is 0. The van der Waals surface area contributed by atoms with E-state index in [0.717, 1.165) is 44.2 Å². The first-order valence-corrected chi connectivity index (χ1v) is 7.86. The summed E-state index contributed by atoms with van der Waals surface area (Å²) in [5, 5.41) is 12.4. The number of rotatable bonds is 9. The van der Waals surface area contributed by atoms with Crippen molar-refractivity contribution in [3.8, 4) is 0 Å². The molecule has 0 aliphatic heterocycles. The molecule has 0 atom stereocenters. The van der Waals surface area contributed by atoms with Gasteiger partial charge in [-0.2, -0.15) is 0 Å². The number of carboxylic acid groups (broad SMARTS) is 1. The highest BCUT2D eigenvalue weighted by Crippen LogP contribution is 2.26. The second kappa shape index (κ2) is 7.41. The fraction of sp³-hybridized carbons (Fsp3) is 0.625. The molecule has 2 rings (SSSR count). The van der Waals surface area contributed by atoms with Gasteiger partial charge in [0.2, 0.25) is 0 Å². The predicted molar refractivity (Wildman–Crippen MR) is 84.0 cm³/mol. The number of hydrogen-bond acceptors (Lipinski definition) is 4. The van der Waals surface area contributed by atoms with Crippen molar-refractivity contribution in [1.82, 2.24) is 9.88 Å². The first kappa shape index (κ1) is 15.8. The Balaban J connectivity index is 1.95. The Morgan fingerprint density at radius 3 is 2.76 bits per heavy atom. The molecule has 1 aliphatic carbocycles. The van der Waals surface area contributed by atoms with Crippen LogP contribution in [-0.4, -0.2) is 46.6 Å². The maximum atomic E-state index is 11.2. The van der Waals surface area contributed by atoms with Gasteiger partial charge in [-0.3, -0.25) is 4.90 Å². The van der Waals surface area contributed by atoms with E-state index in [1.165, 1.54) is 12.8 Å². The highest BCUT2D eigenvalue weighted by Gasteiger charge is 2.27. The van der Waals surface area contributed by atoms with Crippen molar-refractivity contribution in [3.63, 3.8) is 0 Å². The van der Waals surface area contributed by atoms with Crippen molar-refractivity contribution in [3.05, 3.63) is 23.4 Å². The minimum absolute atomic E-state index is 0.311. The molecule has 0 spiro atoms. The van der Waals surface area contributed by atoms with E-state index >= 15 is 0 Å². The molecule has 1 aromatic heterocycles. The van der Waals surface area contributed by atoms with Gasteiger partial charge in [0.05, 0.1) is 5.56 Å². The second-order valence-corrected chi connectivity index (χ2v) is 5.57. The Labute approximate surface area is 126 Å². The molecule has 5 nitrogen and oxygen atoms in total. The van der Waals surface area contributed by atoms with Crippen molar-refractivity contribution in [2.24, 2.45) is 0 Å². The first-order chi connectivity index (χ1) is 10.1. The van der Waals surface area contributed by atoms with E-state index in [2.05, 4.69) is 29.0 Å². The summed E-state index contributed by atoms with van der Waals surface area (Å²) in [6, 6.07) is 4.04. The average Bonchev–Trinajstić information content (AvgIpc) is 3.28. The van der Waals surface area contributed by atoms with Gasteiger partial charge in [0.25, 0.3) is 0 Å². The molecular weight excluding hydrogens is 266 g/mol. The van der Waals surface area contributed by atoms with E-state index in [1.54, 1.807) is 12.1 Å². The minimum Gasteiger partial charge on any atom is -0.478 e. The Morgan fingerprint density at radius 2 is 2.19 bits per heavy atom. The maximum Gasteiger partial charge on any atom is 0.335 e. The van der Waals surface area contributed by atoms with Crippen LogP contribution >= 0.6 is 0 Å². The van der Waals surface area contributed by atoms with Gasteiger partial charge in [-0.15, -0.1) is 0 Å². The van der Waals surface area contributed by atoms with Gasteiger partial charge in [-0.05, 0) is 37.9 Å². The van der Waals surface area contributed by atoms with Crippen LogP contribution < -0.4 is 5.32 Å². The normalized spacial score (nSPS) is 14.4. The topological polar surface area (TPSA) is 65.5 Å². The van der Waals surface area contributed by atoms with Crippen LogP contribution in [0.5, 0.6) is 0 Å². The lowest BCUT2D eigenvalue weighted by molar-refractivity contribution is 0.0696. The summed E-state index contributed by atoms with van der Waals surface area (Å²) in [5.41, 5.74) is 1.15. The van der Waals surface area contributed by atoms with Crippen molar-refractivity contribution in [1.29, 1.82) is 0 Å². The maximum absolute atomic E-state index is 11.2. The summed E-state index contributed by atoms with van der Waals surface area (Å²) in [6.45, 7) is 7.09. The highest BCUT2D eigenvalue weighted by atomic mass is 16.4. The van der Waals surface area contributed by atoms with E-state index in [-0.39, 0.29) is 0 Å². The molecule has 2 N–H and O–H groups in total. The molecule has 1 aromatic rings. The number of likely N-dealkylation sites (N-methyl/N-ethyl adjacent to an activating group) is 1. The van der Waals surface area contributed by atoms with Crippen LogP contribution in [0.25, 0.3) is 0 Å². The monoisotopic (exact) mass is 291 g/mol. The zero-order chi connectivity index (χ0) is 15.2. The van der Waals surface area contributed by atoms with Crippen LogP contribution in [0.2, 0.25) is 0 Å². The quantitative estimate of drug-likeness (QED) is 0.732. The van der Waals surface area contributed by atoms with Crippen LogP contribution in [0, 0.1) is 0 Å². The Kier molecular flexibility index (Phi) is 5.56. The fourth-order valence-electron chi connectivity index (χ4n) is 2.55. The van der Waals surface area contributed by atoms with Crippen LogP contribution in [0.4, 0.5) is 5.82 Å². The van der Waals surface area contributed by atoms with E-state index in [9.17, 15) is 9.90 Å². The molecule has 1 heterocycles. The lowest BCUT2D eigenvalue weighted by atomic mass is 10.1. The SMILES string of the molecule is CCCc1cc(C(=O)O)cc(NCCN(CC)C2CC2)n1.